The van der Waals surface area contributed by atoms with Gasteiger partial charge in [0.1, 0.15) is 17.2 Å². The number of oxime groups is 1. The highest BCUT2D eigenvalue weighted by molar-refractivity contribution is 6.39. The number of alkyl halides is 5. The van der Waals surface area contributed by atoms with E-state index in [9.17, 15) is 26.7 Å². The topological polar surface area (TPSA) is 82.6 Å². The van der Waals surface area contributed by atoms with Gasteiger partial charge in [0.2, 0.25) is 0 Å². The predicted molar refractivity (Wildman–Crippen MR) is 90.1 cm³/mol. The number of nitrogens with zero attached hydrogens (tertiary/aromatic N) is 3. The first kappa shape index (κ1) is 20.0. The van der Waals surface area contributed by atoms with Gasteiger partial charge >= 0.3 is 6.18 Å². The first-order valence-electron chi connectivity index (χ1n) is 9.31. The van der Waals surface area contributed by atoms with Crippen molar-refractivity contribution in [1.29, 1.82) is 0 Å². The Labute approximate surface area is 162 Å². The van der Waals surface area contributed by atoms with E-state index in [2.05, 4.69) is 20.4 Å². The lowest BCUT2D eigenvalue weighted by atomic mass is 9.86. The van der Waals surface area contributed by atoms with Crippen molar-refractivity contribution >= 4 is 11.6 Å². The van der Waals surface area contributed by atoms with Gasteiger partial charge in [-0.3, -0.25) is 9.69 Å². The Balaban J connectivity index is 1.32. The van der Waals surface area contributed by atoms with Gasteiger partial charge in [-0.05, 0) is 19.4 Å². The largest absolute Gasteiger partial charge is 0.432 e. The highest BCUT2D eigenvalue weighted by Gasteiger charge is 2.48. The number of hydrogen-bond acceptors (Lipinski definition) is 5. The van der Waals surface area contributed by atoms with Gasteiger partial charge in [-0.1, -0.05) is 5.16 Å². The number of carbonyl (C=O) groups is 1. The normalized spacial score (nSPS) is 27.4. The molecule has 1 atom stereocenters. The Morgan fingerprint density at radius 3 is 2.79 bits per heavy atom. The number of rotatable bonds is 4. The number of imidazole rings is 1. The van der Waals surface area contributed by atoms with Gasteiger partial charge in [0.15, 0.2) is 5.60 Å². The van der Waals surface area contributed by atoms with E-state index >= 15 is 0 Å². The molecule has 4 rings (SSSR count). The molecule has 0 unspecified atom stereocenters. The minimum Gasteiger partial charge on any atom is -0.387 e. The fourth-order valence-electron chi connectivity index (χ4n) is 4.02. The number of H-pyrrole nitrogens is 1. The second-order valence-electron chi connectivity index (χ2n) is 7.98. The Hall–Kier alpha value is -2.24. The summed E-state index contributed by atoms with van der Waals surface area (Å²) in [5.74, 6) is -3.05. The van der Waals surface area contributed by atoms with E-state index in [4.69, 9.17) is 4.84 Å². The van der Waals surface area contributed by atoms with Crippen LogP contribution >= 0.6 is 0 Å². The predicted octanol–water partition coefficient (Wildman–Crippen LogP) is 2.45. The molecule has 1 saturated heterocycles. The Morgan fingerprint density at radius 1 is 1.38 bits per heavy atom. The average molecular weight is 421 g/mol. The summed E-state index contributed by atoms with van der Waals surface area (Å²) in [5.41, 5.74) is -1.49. The van der Waals surface area contributed by atoms with Gasteiger partial charge < -0.3 is 15.1 Å². The third kappa shape index (κ3) is 4.36. The Morgan fingerprint density at radius 2 is 2.14 bits per heavy atom. The summed E-state index contributed by atoms with van der Waals surface area (Å²) < 4.78 is 63.9. The molecular formula is C17H20F5N5O2. The molecule has 3 heterocycles. The number of amides is 1. The van der Waals surface area contributed by atoms with E-state index in [-0.39, 0.29) is 37.3 Å². The molecule has 1 aromatic rings. The van der Waals surface area contributed by atoms with Crippen LogP contribution in [0.3, 0.4) is 0 Å². The number of halogens is 5. The SMILES string of the molecule is O=C(NC1CC(F)(F)C1)C1=NO[C@]2(CCCN(Cc3ncc(C(F)(F)F)[nH]3)C2)C1. The van der Waals surface area contributed by atoms with Gasteiger partial charge in [0.05, 0.1) is 12.7 Å². The van der Waals surface area contributed by atoms with Gasteiger partial charge in [-0.2, -0.15) is 13.2 Å². The van der Waals surface area contributed by atoms with Crippen LogP contribution in [0.2, 0.25) is 0 Å². The van der Waals surface area contributed by atoms with Crippen molar-refractivity contribution in [1.82, 2.24) is 20.2 Å². The van der Waals surface area contributed by atoms with Crippen molar-refractivity contribution in [3.63, 3.8) is 0 Å². The highest BCUT2D eigenvalue weighted by Crippen LogP contribution is 2.38. The average Bonchev–Trinajstić information content (AvgIpc) is 3.21. The van der Waals surface area contributed by atoms with Crippen LogP contribution in [-0.4, -0.2) is 57.1 Å². The smallest absolute Gasteiger partial charge is 0.387 e. The number of aromatic amines is 1. The quantitative estimate of drug-likeness (QED) is 0.732. The van der Waals surface area contributed by atoms with Crippen molar-refractivity contribution in [3.8, 4) is 0 Å². The van der Waals surface area contributed by atoms with Crippen LogP contribution < -0.4 is 5.32 Å². The van der Waals surface area contributed by atoms with Gasteiger partial charge in [-0.25, -0.2) is 13.8 Å². The lowest BCUT2D eigenvalue weighted by Gasteiger charge is -2.38. The minimum atomic E-state index is -4.48. The van der Waals surface area contributed by atoms with E-state index < -0.39 is 35.3 Å². The molecule has 0 bridgehead atoms. The maximum atomic E-state index is 12.9. The number of likely N-dealkylation sites (tertiary alicyclic amines) is 1. The van der Waals surface area contributed by atoms with E-state index in [1.165, 1.54) is 0 Å². The minimum absolute atomic E-state index is 0.152. The molecule has 29 heavy (non-hydrogen) atoms. The first-order valence-corrected chi connectivity index (χ1v) is 9.31. The molecule has 1 aromatic heterocycles. The molecule has 1 saturated carbocycles. The molecule has 7 nitrogen and oxygen atoms in total. The monoisotopic (exact) mass is 421 g/mol. The van der Waals surface area contributed by atoms with Crippen molar-refractivity contribution in [3.05, 3.63) is 17.7 Å². The molecule has 1 spiro atoms. The fourth-order valence-corrected chi connectivity index (χ4v) is 4.02. The molecule has 0 radical (unpaired) electrons. The lowest BCUT2D eigenvalue weighted by Crippen LogP contribution is -2.53. The van der Waals surface area contributed by atoms with Gasteiger partial charge in [0.25, 0.3) is 11.8 Å². The zero-order chi connectivity index (χ0) is 20.9. The first-order chi connectivity index (χ1) is 13.5. The number of piperidine rings is 1. The standard InChI is InChI=1S/C17H20F5N5O2/c18-16(19)4-10(5-16)24-14(28)11-6-15(29-26-11)2-1-3-27(9-15)8-13-23-7-12(25-13)17(20,21)22/h7,10H,1-6,8-9H2,(H,23,25)(H,24,28)/t15-/m1/s1. The van der Waals surface area contributed by atoms with Crippen LogP contribution in [0, 0.1) is 0 Å². The number of nitrogens with one attached hydrogen (secondary N) is 2. The Kier molecular flexibility index (Phi) is 4.79. The summed E-state index contributed by atoms with van der Waals surface area (Å²) in [5, 5.41) is 6.40. The van der Waals surface area contributed by atoms with Crippen LogP contribution in [0.1, 0.15) is 43.6 Å². The third-order valence-electron chi connectivity index (χ3n) is 5.45. The molecule has 2 fully saturated rings. The van der Waals surface area contributed by atoms with Crippen LogP contribution in [0.25, 0.3) is 0 Å². The summed E-state index contributed by atoms with van der Waals surface area (Å²) in [4.78, 5) is 25.7. The summed E-state index contributed by atoms with van der Waals surface area (Å²) >= 11 is 0. The third-order valence-corrected chi connectivity index (χ3v) is 5.45. The van der Waals surface area contributed by atoms with Crippen molar-refractivity contribution < 1.29 is 31.6 Å². The maximum Gasteiger partial charge on any atom is 0.432 e. The number of carbonyl (C=O) groups excluding carboxylic acids is 1. The molecule has 2 aliphatic heterocycles. The van der Waals surface area contributed by atoms with Crippen molar-refractivity contribution in [2.24, 2.45) is 5.16 Å². The van der Waals surface area contributed by atoms with Crippen LogP contribution in [0.4, 0.5) is 22.0 Å². The van der Waals surface area contributed by atoms with Crippen molar-refractivity contribution in [2.75, 3.05) is 13.1 Å². The van der Waals surface area contributed by atoms with Crippen molar-refractivity contribution in [2.45, 2.75) is 62.4 Å². The van der Waals surface area contributed by atoms with E-state index in [0.29, 0.717) is 25.9 Å². The molecule has 1 aliphatic carbocycles. The second kappa shape index (κ2) is 6.92. The van der Waals surface area contributed by atoms with E-state index in [0.717, 1.165) is 6.20 Å². The maximum absolute atomic E-state index is 12.9. The highest BCUT2D eigenvalue weighted by atomic mass is 19.4. The summed E-state index contributed by atoms with van der Waals surface area (Å²) in [6.07, 6.45) is -2.91. The zero-order valence-corrected chi connectivity index (χ0v) is 15.4. The van der Waals surface area contributed by atoms with Crippen LogP contribution in [-0.2, 0) is 22.4 Å². The molecule has 2 N–H and O–H groups in total. The van der Waals surface area contributed by atoms with E-state index in [1.807, 2.05) is 4.90 Å². The molecule has 1 amide bonds. The zero-order valence-electron chi connectivity index (χ0n) is 15.4. The molecule has 3 aliphatic rings. The van der Waals surface area contributed by atoms with Crippen LogP contribution in [0.15, 0.2) is 11.4 Å². The molecule has 12 heteroatoms. The molecule has 160 valence electrons. The second-order valence-corrected chi connectivity index (χ2v) is 7.98. The number of aromatic nitrogens is 2. The van der Waals surface area contributed by atoms with Gasteiger partial charge in [-0.15, -0.1) is 0 Å². The van der Waals surface area contributed by atoms with Gasteiger partial charge in [0, 0.05) is 31.8 Å². The summed E-state index contributed by atoms with van der Waals surface area (Å²) in [6, 6.07) is -0.568. The summed E-state index contributed by atoms with van der Waals surface area (Å²) in [6.45, 7) is 1.20. The number of hydrogen-bond donors (Lipinski definition) is 2. The molecule has 0 aromatic carbocycles. The summed E-state index contributed by atoms with van der Waals surface area (Å²) in [7, 11) is 0. The Bertz CT molecular complexity index is 815. The van der Waals surface area contributed by atoms with Crippen LogP contribution in [0.5, 0.6) is 0 Å². The fraction of sp³-hybridized carbons (Fsp3) is 0.706. The molecular weight excluding hydrogens is 401 g/mol. The van der Waals surface area contributed by atoms with E-state index in [1.54, 1.807) is 0 Å². The lowest BCUT2D eigenvalue weighted by molar-refractivity contribution is -0.141.